The van der Waals surface area contributed by atoms with Crippen LogP contribution in [0.3, 0.4) is 0 Å². The highest BCUT2D eigenvalue weighted by molar-refractivity contribution is 7.21. The van der Waals surface area contributed by atoms with Crippen molar-refractivity contribution in [3.63, 3.8) is 0 Å². The summed E-state index contributed by atoms with van der Waals surface area (Å²) in [5, 5.41) is 7.29. The fraction of sp³-hybridized carbons (Fsp3) is 0.158. The molecule has 4 aromatic rings. The summed E-state index contributed by atoms with van der Waals surface area (Å²) in [6.45, 7) is 0. The van der Waals surface area contributed by atoms with Crippen molar-refractivity contribution in [1.82, 2.24) is 10.3 Å². The second kappa shape index (κ2) is 6.38. The first-order valence-electron chi connectivity index (χ1n) is 8.73. The molecule has 0 radical (unpaired) electrons. The van der Waals surface area contributed by atoms with Crippen molar-refractivity contribution in [2.45, 2.75) is 18.9 Å². The number of halogens is 1. The zero-order chi connectivity index (χ0) is 19.3. The Morgan fingerprint density at radius 1 is 1.25 bits per heavy atom. The summed E-state index contributed by atoms with van der Waals surface area (Å²) >= 11 is 1.20. The summed E-state index contributed by atoms with van der Waals surface area (Å²) in [6.07, 6.45) is 3.80. The maximum Gasteiger partial charge on any atom is 0.302 e. The number of hydrogen-bond donors (Lipinski definition) is 2. The summed E-state index contributed by atoms with van der Waals surface area (Å²) in [5.74, 6) is -0.406. The van der Waals surface area contributed by atoms with Crippen LogP contribution in [0.1, 0.15) is 28.6 Å². The number of thiophene rings is 1. The average Bonchev–Trinajstić information content (AvgIpc) is 3.36. The second-order valence-corrected chi connectivity index (χ2v) is 7.63. The zero-order valence-electron chi connectivity index (χ0n) is 14.6. The number of carbonyl (C=O) groups is 1. The molecule has 28 heavy (non-hydrogen) atoms. The number of fused-ring (bicyclic) bond motifs is 1. The average molecular weight is 396 g/mol. The van der Waals surface area contributed by atoms with E-state index in [1.807, 2.05) is 6.07 Å². The number of benzene rings is 1. The molecule has 140 valence electrons. The van der Waals surface area contributed by atoms with Gasteiger partial charge in [-0.3, -0.25) is 14.6 Å². The second-order valence-electron chi connectivity index (χ2n) is 6.63. The van der Waals surface area contributed by atoms with Crippen molar-refractivity contribution in [2.75, 3.05) is 11.1 Å². The molecule has 5 rings (SSSR count). The lowest BCUT2D eigenvalue weighted by Crippen LogP contribution is -2.32. The lowest BCUT2D eigenvalue weighted by Gasteiger charge is -2.01. The maximum atomic E-state index is 13.1. The molecule has 1 aliphatic carbocycles. The number of amides is 1. The first-order valence-corrected chi connectivity index (χ1v) is 9.54. The molecule has 0 bridgehead atoms. The van der Waals surface area contributed by atoms with Crippen LogP contribution in [0, 0.1) is 5.82 Å². The third-order valence-electron chi connectivity index (χ3n) is 4.58. The molecule has 0 aliphatic heterocycles. The van der Waals surface area contributed by atoms with E-state index in [9.17, 15) is 9.18 Å². The molecule has 7 nitrogen and oxygen atoms in total. The molecule has 1 fully saturated rings. The van der Waals surface area contributed by atoms with Crippen LogP contribution in [0.4, 0.5) is 16.0 Å². The van der Waals surface area contributed by atoms with E-state index < -0.39 is 0 Å². The van der Waals surface area contributed by atoms with Gasteiger partial charge in [-0.15, -0.1) is 11.3 Å². The maximum absolute atomic E-state index is 13.1. The van der Waals surface area contributed by atoms with Crippen molar-refractivity contribution in [2.24, 2.45) is 0 Å². The first-order chi connectivity index (χ1) is 13.6. The van der Waals surface area contributed by atoms with Crippen LogP contribution in [0.5, 0.6) is 0 Å². The number of nitrogens with two attached hydrogens (primary N) is 1. The van der Waals surface area contributed by atoms with Gasteiger partial charge in [0.2, 0.25) is 5.27 Å². The van der Waals surface area contributed by atoms with E-state index in [4.69, 9.17) is 10.3 Å². The molecule has 1 saturated carbocycles. The van der Waals surface area contributed by atoms with Crippen molar-refractivity contribution >= 4 is 39.0 Å². The Labute approximate surface area is 162 Å². The van der Waals surface area contributed by atoms with Crippen LogP contribution in [-0.2, 0) is 0 Å². The van der Waals surface area contributed by atoms with Crippen LogP contribution in [-0.4, -0.2) is 16.2 Å². The van der Waals surface area contributed by atoms with Crippen LogP contribution in [0.2, 0.25) is 0 Å². The molecule has 1 amide bonds. The van der Waals surface area contributed by atoms with Crippen molar-refractivity contribution < 1.29 is 18.4 Å². The standard InChI is InChI=1S/C19H14FN5O2S/c20-11-3-1-10(2-4-11)14-8-7-13-16(21)17(28-19(13)22-14)18(26)23-15-9-25(24-27-15)12-5-6-12/h1-4,7-9,12H,5-6H2,(H2-,21,23,24,26)/p+1. The molecule has 3 N–H and O–H groups in total. The predicted molar refractivity (Wildman–Crippen MR) is 102 cm³/mol. The van der Waals surface area contributed by atoms with Crippen LogP contribution in [0.15, 0.2) is 47.1 Å². The van der Waals surface area contributed by atoms with Gasteiger partial charge >= 0.3 is 5.88 Å². The van der Waals surface area contributed by atoms with Gasteiger partial charge in [-0.05, 0) is 41.1 Å². The van der Waals surface area contributed by atoms with E-state index in [1.54, 1.807) is 29.1 Å². The SMILES string of the molecule is Nc1c(C(=O)Nc2c[n+](C3CC3)no2)sc2nc(-c3ccc(F)cc3)ccc12. The Morgan fingerprint density at radius 2 is 2.04 bits per heavy atom. The predicted octanol–water partition coefficient (Wildman–Crippen LogP) is 3.55. The van der Waals surface area contributed by atoms with Gasteiger partial charge in [-0.25, -0.2) is 9.37 Å². The summed E-state index contributed by atoms with van der Waals surface area (Å²) in [4.78, 5) is 18.2. The zero-order valence-corrected chi connectivity index (χ0v) is 15.4. The topological polar surface area (TPSA) is 97.9 Å². The quantitative estimate of drug-likeness (QED) is 0.514. The number of hydrogen-bond acceptors (Lipinski definition) is 6. The van der Waals surface area contributed by atoms with Crippen molar-refractivity contribution in [1.29, 1.82) is 0 Å². The van der Waals surface area contributed by atoms with E-state index in [2.05, 4.69) is 15.6 Å². The summed E-state index contributed by atoms with van der Waals surface area (Å²) in [5.41, 5.74) is 8.01. The fourth-order valence-corrected chi connectivity index (χ4v) is 3.93. The number of pyridine rings is 1. The van der Waals surface area contributed by atoms with Gasteiger partial charge in [0.05, 0.1) is 11.4 Å². The molecule has 3 heterocycles. The molecular formula is C19H15FN5O2S+. The summed E-state index contributed by atoms with van der Waals surface area (Å²) < 4.78 is 20.0. The lowest BCUT2D eigenvalue weighted by molar-refractivity contribution is -0.765. The largest absolute Gasteiger partial charge is 0.397 e. The van der Waals surface area contributed by atoms with Gasteiger partial charge in [-0.2, -0.15) is 0 Å². The minimum Gasteiger partial charge on any atom is -0.397 e. The third-order valence-corrected chi connectivity index (χ3v) is 5.69. The highest BCUT2D eigenvalue weighted by Crippen LogP contribution is 2.35. The number of nitrogen functional groups attached to an aromatic ring is 1. The Kier molecular flexibility index (Phi) is 3.83. The van der Waals surface area contributed by atoms with Gasteiger partial charge in [0.15, 0.2) is 6.04 Å². The lowest BCUT2D eigenvalue weighted by atomic mass is 10.1. The smallest absolute Gasteiger partial charge is 0.302 e. The van der Waals surface area contributed by atoms with Crippen LogP contribution in [0.25, 0.3) is 21.5 Å². The molecule has 1 aromatic carbocycles. The Bertz CT molecular complexity index is 1200. The first kappa shape index (κ1) is 16.8. The van der Waals surface area contributed by atoms with Gasteiger partial charge in [-0.1, -0.05) is 0 Å². The number of aromatic nitrogens is 3. The van der Waals surface area contributed by atoms with E-state index in [0.29, 0.717) is 32.5 Å². The van der Waals surface area contributed by atoms with E-state index in [1.165, 1.54) is 23.5 Å². The Hall–Kier alpha value is -3.33. The van der Waals surface area contributed by atoms with E-state index >= 15 is 0 Å². The molecule has 0 saturated heterocycles. The molecular weight excluding hydrogens is 381 g/mol. The Balaban J connectivity index is 1.44. The van der Waals surface area contributed by atoms with Crippen LogP contribution < -0.4 is 15.7 Å². The fourth-order valence-electron chi connectivity index (χ4n) is 2.94. The highest BCUT2D eigenvalue weighted by atomic mass is 32.1. The summed E-state index contributed by atoms with van der Waals surface area (Å²) in [6, 6.07) is 10.1. The van der Waals surface area contributed by atoms with Crippen molar-refractivity contribution in [3.05, 3.63) is 53.3 Å². The third kappa shape index (κ3) is 2.99. The molecule has 0 spiro atoms. The number of anilines is 2. The minimum atomic E-state index is -0.372. The van der Waals surface area contributed by atoms with Gasteiger partial charge in [0.1, 0.15) is 15.5 Å². The molecule has 0 unspecified atom stereocenters. The van der Waals surface area contributed by atoms with E-state index in [-0.39, 0.29) is 17.6 Å². The van der Waals surface area contributed by atoms with Crippen LogP contribution >= 0.6 is 11.3 Å². The number of rotatable bonds is 4. The number of carbonyl (C=O) groups excluding carboxylic acids is 1. The summed E-state index contributed by atoms with van der Waals surface area (Å²) in [7, 11) is 0. The molecule has 9 heteroatoms. The number of nitrogens with one attached hydrogen (secondary N) is 1. The molecule has 1 aliphatic rings. The molecule has 3 aromatic heterocycles. The normalized spacial score (nSPS) is 13.8. The van der Waals surface area contributed by atoms with Crippen molar-refractivity contribution in [3.8, 4) is 11.3 Å². The van der Waals surface area contributed by atoms with E-state index in [0.717, 1.165) is 18.4 Å². The Morgan fingerprint density at radius 3 is 2.79 bits per heavy atom. The highest BCUT2D eigenvalue weighted by Gasteiger charge is 2.36. The number of nitrogens with zero attached hydrogens (tertiary/aromatic N) is 3. The monoisotopic (exact) mass is 396 g/mol. The molecule has 0 atom stereocenters. The van der Waals surface area contributed by atoms with Gasteiger partial charge < -0.3 is 5.73 Å². The van der Waals surface area contributed by atoms with Gasteiger partial charge in [0, 0.05) is 23.8 Å². The van der Waals surface area contributed by atoms with Gasteiger partial charge in [0.25, 0.3) is 12.1 Å². The minimum absolute atomic E-state index is 0.272.